The van der Waals surface area contributed by atoms with E-state index in [1.54, 1.807) is 34.8 Å². The van der Waals surface area contributed by atoms with E-state index in [4.69, 9.17) is 19.6 Å². The average molecular weight is 582 g/mol. The van der Waals surface area contributed by atoms with Crippen molar-refractivity contribution in [1.82, 2.24) is 19.6 Å². The summed E-state index contributed by atoms with van der Waals surface area (Å²) in [4.78, 5) is 20.9. The standard InChI is InChI=1S/C30H39N5O5S/c1-6-9-10-11-14-21(7-2)29-31-20(4)27-30(36)32-28(33-35(27)29)23-19-22(17-18-25(23)40-8-3)41(37,38)34-24-15-12-13-16-26(24)39-5/h12-13,15-19,21,34H,6-11,14H2,1-5H3,(H,32,33,36). The van der Waals surface area contributed by atoms with E-state index >= 15 is 0 Å². The predicted octanol–water partition coefficient (Wildman–Crippen LogP) is 6.07. The molecule has 0 saturated heterocycles. The van der Waals surface area contributed by atoms with Crippen LogP contribution in [0.5, 0.6) is 11.5 Å². The number of anilines is 1. The van der Waals surface area contributed by atoms with E-state index in [2.05, 4.69) is 23.6 Å². The number of H-pyrrole nitrogens is 1. The Balaban J connectivity index is 1.81. The van der Waals surface area contributed by atoms with Gasteiger partial charge in [-0.05, 0) is 57.0 Å². The first-order valence-electron chi connectivity index (χ1n) is 14.2. The van der Waals surface area contributed by atoms with Gasteiger partial charge in [0.05, 0.1) is 35.6 Å². The molecular weight excluding hydrogens is 542 g/mol. The predicted molar refractivity (Wildman–Crippen MR) is 161 cm³/mol. The summed E-state index contributed by atoms with van der Waals surface area (Å²) in [5, 5.41) is 4.80. The lowest BCUT2D eigenvalue weighted by atomic mass is 9.97. The molecule has 11 heteroatoms. The number of nitrogens with zero attached hydrogens (tertiary/aromatic N) is 3. The minimum atomic E-state index is -4.02. The van der Waals surface area contributed by atoms with Crippen LogP contribution in [-0.2, 0) is 10.0 Å². The van der Waals surface area contributed by atoms with Gasteiger partial charge in [0, 0.05) is 5.92 Å². The number of aromatic nitrogens is 4. The van der Waals surface area contributed by atoms with Gasteiger partial charge < -0.3 is 14.5 Å². The quantitative estimate of drug-likeness (QED) is 0.173. The largest absolute Gasteiger partial charge is 0.495 e. The second-order valence-electron chi connectivity index (χ2n) is 9.97. The van der Waals surface area contributed by atoms with Crippen molar-refractivity contribution in [2.75, 3.05) is 18.4 Å². The van der Waals surface area contributed by atoms with Gasteiger partial charge in [-0.25, -0.2) is 17.9 Å². The number of hydrogen-bond acceptors (Lipinski definition) is 7. The number of imidazole rings is 1. The van der Waals surface area contributed by atoms with Gasteiger partial charge in [0.1, 0.15) is 17.3 Å². The number of fused-ring (bicyclic) bond motifs is 1. The molecule has 2 heterocycles. The van der Waals surface area contributed by atoms with Gasteiger partial charge in [0.15, 0.2) is 11.3 Å². The van der Waals surface area contributed by atoms with E-state index < -0.39 is 10.0 Å². The lowest BCUT2D eigenvalue weighted by molar-refractivity contribution is 0.341. The van der Waals surface area contributed by atoms with Gasteiger partial charge in [-0.2, -0.15) is 0 Å². The molecule has 0 aliphatic heterocycles. The minimum absolute atomic E-state index is 0.0194. The number of para-hydroxylation sites is 2. The summed E-state index contributed by atoms with van der Waals surface area (Å²) >= 11 is 0. The second kappa shape index (κ2) is 13.2. The van der Waals surface area contributed by atoms with Crippen LogP contribution in [0.1, 0.15) is 76.7 Å². The van der Waals surface area contributed by atoms with Crippen molar-refractivity contribution in [3.63, 3.8) is 0 Å². The number of hydrogen-bond donors (Lipinski definition) is 2. The van der Waals surface area contributed by atoms with Crippen LogP contribution in [-0.4, -0.2) is 41.7 Å². The summed E-state index contributed by atoms with van der Waals surface area (Å²) in [7, 11) is -2.55. The molecule has 0 amide bonds. The minimum Gasteiger partial charge on any atom is -0.495 e. The van der Waals surface area contributed by atoms with Crippen molar-refractivity contribution >= 4 is 21.2 Å². The third kappa shape index (κ3) is 6.56. The molecule has 0 saturated carbocycles. The summed E-state index contributed by atoms with van der Waals surface area (Å²) in [6.45, 7) is 8.29. The Kier molecular flexibility index (Phi) is 9.69. The van der Waals surface area contributed by atoms with Crippen LogP contribution in [0.3, 0.4) is 0 Å². The fraction of sp³-hybridized carbons (Fsp3) is 0.433. The van der Waals surface area contributed by atoms with Crippen molar-refractivity contribution in [1.29, 1.82) is 0 Å². The molecular formula is C30H39N5O5S. The lowest BCUT2D eigenvalue weighted by Gasteiger charge is -2.15. The van der Waals surface area contributed by atoms with Crippen molar-refractivity contribution < 1.29 is 17.9 Å². The third-order valence-corrected chi connectivity index (χ3v) is 8.50. The zero-order valence-corrected chi connectivity index (χ0v) is 25.2. The highest BCUT2D eigenvalue weighted by Crippen LogP contribution is 2.33. The molecule has 0 aliphatic carbocycles. The van der Waals surface area contributed by atoms with Crippen LogP contribution >= 0.6 is 0 Å². The molecule has 220 valence electrons. The fourth-order valence-electron chi connectivity index (χ4n) is 4.99. The smallest absolute Gasteiger partial charge is 0.277 e. The number of aryl methyl sites for hydroxylation is 1. The highest BCUT2D eigenvalue weighted by atomic mass is 32.2. The molecule has 4 aromatic rings. The number of benzene rings is 2. The molecule has 0 radical (unpaired) electrons. The number of methoxy groups -OCH3 is 1. The molecule has 2 N–H and O–H groups in total. The number of ether oxygens (including phenoxy) is 2. The third-order valence-electron chi connectivity index (χ3n) is 7.13. The molecule has 0 bridgehead atoms. The van der Waals surface area contributed by atoms with Crippen molar-refractivity contribution in [3.8, 4) is 22.9 Å². The Morgan fingerprint density at radius 2 is 1.83 bits per heavy atom. The van der Waals surface area contributed by atoms with Gasteiger partial charge in [-0.1, -0.05) is 51.7 Å². The Bertz CT molecular complexity index is 1660. The summed E-state index contributed by atoms with van der Waals surface area (Å²) in [6.07, 6.45) is 6.38. The number of nitrogens with one attached hydrogen (secondary N) is 2. The molecule has 0 spiro atoms. The summed E-state index contributed by atoms with van der Waals surface area (Å²) < 4.78 is 42.2. The lowest BCUT2D eigenvalue weighted by Crippen LogP contribution is -2.17. The number of rotatable bonds is 14. The number of aromatic amines is 1. The van der Waals surface area contributed by atoms with Crippen LogP contribution < -0.4 is 19.8 Å². The highest BCUT2D eigenvalue weighted by molar-refractivity contribution is 7.92. The molecule has 10 nitrogen and oxygen atoms in total. The second-order valence-corrected chi connectivity index (χ2v) is 11.7. The maximum atomic E-state index is 13.4. The van der Waals surface area contributed by atoms with Crippen molar-refractivity contribution in [3.05, 3.63) is 64.3 Å². The monoisotopic (exact) mass is 581 g/mol. The average Bonchev–Trinajstić information content (AvgIpc) is 3.29. The normalized spacial score (nSPS) is 12.4. The van der Waals surface area contributed by atoms with E-state index in [9.17, 15) is 13.2 Å². The highest BCUT2D eigenvalue weighted by Gasteiger charge is 2.24. The maximum Gasteiger partial charge on any atom is 0.277 e. The van der Waals surface area contributed by atoms with Crippen LogP contribution in [0.15, 0.2) is 52.2 Å². The van der Waals surface area contributed by atoms with Gasteiger partial charge in [-0.3, -0.25) is 9.52 Å². The van der Waals surface area contributed by atoms with Gasteiger partial charge >= 0.3 is 0 Å². The van der Waals surface area contributed by atoms with E-state index in [0.29, 0.717) is 40.6 Å². The van der Waals surface area contributed by atoms with Gasteiger partial charge in [-0.15, -0.1) is 5.10 Å². The zero-order chi connectivity index (χ0) is 29.6. The summed E-state index contributed by atoms with van der Waals surface area (Å²) in [6, 6.07) is 11.2. The Morgan fingerprint density at radius 3 is 2.54 bits per heavy atom. The van der Waals surface area contributed by atoms with Crippen LogP contribution in [0.4, 0.5) is 5.69 Å². The van der Waals surface area contributed by atoms with E-state index in [1.165, 1.54) is 25.7 Å². The topological polar surface area (TPSA) is 128 Å². The van der Waals surface area contributed by atoms with E-state index in [1.807, 2.05) is 13.8 Å². The molecule has 0 aliphatic rings. The van der Waals surface area contributed by atoms with Crippen LogP contribution in [0, 0.1) is 6.92 Å². The number of unbranched alkanes of at least 4 members (excludes halogenated alkanes) is 3. The van der Waals surface area contributed by atoms with Crippen LogP contribution in [0.2, 0.25) is 0 Å². The van der Waals surface area contributed by atoms with E-state index in [0.717, 1.165) is 37.9 Å². The van der Waals surface area contributed by atoms with Gasteiger partial charge in [0.25, 0.3) is 15.6 Å². The molecule has 0 fully saturated rings. The van der Waals surface area contributed by atoms with Crippen LogP contribution in [0.25, 0.3) is 16.9 Å². The molecule has 2 aromatic carbocycles. The maximum absolute atomic E-state index is 13.4. The molecule has 1 unspecified atom stereocenters. The first-order valence-corrected chi connectivity index (χ1v) is 15.6. The molecule has 2 aromatic heterocycles. The summed E-state index contributed by atoms with van der Waals surface area (Å²) in [5.41, 5.74) is 1.29. The number of sulfonamides is 1. The fourth-order valence-corrected chi connectivity index (χ4v) is 6.08. The first kappa shape index (κ1) is 30.1. The Labute approximate surface area is 241 Å². The SMILES string of the molecule is CCCCCCC(CC)c1nc(C)c2c(=O)[nH]c(-c3cc(S(=O)(=O)Nc4ccccc4OC)ccc3OCC)nn12. The molecule has 41 heavy (non-hydrogen) atoms. The molecule has 1 atom stereocenters. The van der Waals surface area contributed by atoms with Crippen molar-refractivity contribution in [2.24, 2.45) is 0 Å². The Morgan fingerprint density at radius 1 is 1.05 bits per heavy atom. The Hall–Kier alpha value is -3.86. The first-order chi connectivity index (χ1) is 19.7. The molecule has 4 rings (SSSR count). The van der Waals surface area contributed by atoms with Crippen molar-refractivity contribution in [2.45, 2.75) is 77.0 Å². The summed E-state index contributed by atoms with van der Waals surface area (Å²) in [5.74, 6) is 1.86. The van der Waals surface area contributed by atoms with Gasteiger partial charge in [0.2, 0.25) is 0 Å². The van der Waals surface area contributed by atoms with E-state index in [-0.39, 0.29) is 22.2 Å². The zero-order valence-electron chi connectivity index (χ0n) is 24.4.